The minimum atomic E-state index is -3.08. The van der Waals surface area contributed by atoms with Crippen LogP contribution in [-0.2, 0) is 30.2 Å². The van der Waals surface area contributed by atoms with Gasteiger partial charge in [-0.15, -0.1) is 0 Å². The Hall–Kier alpha value is -4.52. The molecular formula is C39H32NOP. The van der Waals surface area contributed by atoms with Crippen molar-refractivity contribution < 1.29 is 4.57 Å². The molecule has 10 rings (SSSR count). The molecule has 0 saturated carbocycles. The van der Waals surface area contributed by atoms with Crippen LogP contribution in [0.15, 0.2) is 146 Å². The van der Waals surface area contributed by atoms with Crippen LogP contribution in [0.2, 0.25) is 0 Å². The molecule has 4 aliphatic rings. The molecule has 0 unspecified atom stereocenters. The van der Waals surface area contributed by atoms with Gasteiger partial charge in [-0.05, 0) is 77.3 Å². The van der Waals surface area contributed by atoms with E-state index in [1.807, 2.05) is 85.1 Å². The molecule has 4 aliphatic carbocycles. The number of hydrogen-bond acceptors (Lipinski definition) is 2. The van der Waals surface area contributed by atoms with E-state index in [4.69, 9.17) is 0 Å². The lowest BCUT2D eigenvalue weighted by Crippen LogP contribution is -2.28. The second-order valence-electron chi connectivity index (χ2n) is 11.0. The maximum absolute atomic E-state index is 15.4. The molecule has 6 aromatic rings. The minimum Gasteiger partial charge on any atom is -0.309 e. The zero-order valence-electron chi connectivity index (χ0n) is 23.5. The van der Waals surface area contributed by atoms with Gasteiger partial charge in [0.2, 0.25) is 0 Å². The number of benzene rings is 5. The van der Waals surface area contributed by atoms with E-state index in [2.05, 4.69) is 65.6 Å². The zero-order valence-corrected chi connectivity index (χ0v) is 24.4. The number of aromatic nitrogens is 1. The van der Waals surface area contributed by atoms with E-state index in [-0.39, 0.29) is 0 Å². The molecule has 2 nitrogen and oxygen atoms in total. The Bertz CT molecular complexity index is 1840. The number of pyridine rings is 1. The third-order valence-electron chi connectivity index (χ3n) is 8.43. The maximum atomic E-state index is 15.4. The van der Waals surface area contributed by atoms with Crippen molar-refractivity contribution in [1.29, 1.82) is 0 Å². The van der Waals surface area contributed by atoms with Gasteiger partial charge in [0.1, 0.15) is 0 Å². The normalized spacial score (nSPS) is 13.0. The van der Waals surface area contributed by atoms with Crippen molar-refractivity contribution in [2.24, 2.45) is 0 Å². The Kier molecular flexibility index (Phi) is 7.16. The summed E-state index contributed by atoms with van der Waals surface area (Å²) in [5.74, 6) is 0. The fraction of sp³-hybridized carbons (Fsp3) is 0.103. The molecule has 1 aromatic heterocycles. The van der Waals surface area contributed by atoms with Crippen LogP contribution in [0.5, 0.6) is 0 Å². The van der Waals surface area contributed by atoms with Crippen molar-refractivity contribution in [2.45, 2.75) is 25.7 Å². The molecule has 1 heterocycles. The van der Waals surface area contributed by atoms with Crippen molar-refractivity contribution in [2.75, 3.05) is 0 Å². The third kappa shape index (κ3) is 5.04. The predicted octanol–water partition coefficient (Wildman–Crippen LogP) is 7.94. The first-order valence-electron chi connectivity index (χ1n) is 14.7. The monoisotopic (exact) mass is 561 g/mol. The molecule has 0 atom stereocenters. The van der Waals surface area contributed by atoms with E-state index in [0.29, 0.717) is 0 Å². The predicted molar refractivity (Wildman–Crippen MR) is 176 cm³/mol. The maximum Gasteiger partial charge on any atom is 0.171 e. The summed E-state index contributed by atoms with van der Waals surface area (Å²) in [5.41, 5.74) is 9.63. The number of nitrogens with zero attached hydrogens (tertiary/aromatic N) is 1. The molecule has 204 valence electrons. The highest BCUT2D eigenvalue weighted by atomic mass is 31.2. The van der Waals surface area contributed by atoms with E-state index in [1.165, 1.54) is 27.8 Å². The van der Waals surface area contributed by atoms with Crippen LogP contribution in [0.25, 0.3) is 22.4 Å². The lowest BCUT2D eigenvalue weighted by atomic mass is 9.90. The third-order valence-corrected chi connectivity index (χ3v) is 11.6. The van der Waals surface area contributed by atoms with Crippen LogP contribution in [0, 0.1) is 0 Å². The van der Waals surface area contributed by atoms with E-state index >= 15 is 4.57 Å². The summed E-state index contributed by atoms with van der Waals surface area (Å²) in [7, 11) is -3.08. The molecule has 0 radical (unpaired) electrons. The van der Waals surface area contributed by atoms with Crippen LogP contribution in [-0.4, -0.2) is 4.98 Å². The van der Waals surface area contributed by atoms with Crippen molar-refractivity contribution in [3.05, 3.63) is 168 Å². The summed E-state index contributed by atoms with van der Waals surface area (Å²) in [5, 5.41) is 2.76. The van der Waals surface area contributed by atoms with Gasteiger partial charge in [-0.1, -0.05) is 121 Å². The molecule has 3 heteroatoms. The molecular weight excluding hydrogens is 529 g/mol. The van der Waals surface area contributed by atoms with Crippen LogP contribution >= 0.6 is 7.14 Å². The standard InChI is InChI=1S/C39H32NOP/c41-42(35-9-3-1-4-10-35,36-11-5-2-6-12-36)39-28-30-15-14-29-16-18-31(22-25-34(39)19-17-30)37(27-29)32-20-23-33(24-21-32)38-13-7-8-26-40-38/h1-13,16-21,23-24,26-28H,14-15,22,25H2. The second-order valence-corrected chi connectivity index (χ2v) is 13.8. The molecule has 0 saturated heterocycles. The van der Waals surface area contributed by atoms with Gasteiger partial charge in [0, 0.05) is 27.7 Å². The quantitative estimate of drug-likeness (QED) is 0.200. The number of hydrogen-bond donors (Lipinski definition) is 0. The Labute approximate surface area is 248 Å². The molecule has 42 heavy (non-hydrogen) atoms. The van der Waals surface area contributed by atoms with Gasteiger partial charge in [-0.25, -0.2) is 0 Å². The van der Waals surface area contributed by atoms with Crippen LogP contribution in [0.1, 0.15) is 22.3 Å². The lowest BCUT2D eigenvalue weighted by molar-refractivity contribution is 0.592. The van der Waals surface area contributed by atoms with E-state index < -0.39 is 7.14 Å². The zero-order chi connectivity index (χ0) is 28.4. The smallest absolute Gasteiger partial charge is 0.171 e. The average Bonchev–Trinajstić information content (AvgIpc) is 3.06. The van der Waals surface area contributed by atoms with Gasteiger partial charge in [0.05, 0.1) is 5.69 Å². The van der Waals surface area contributed by atoms with Crippen LogP contribution in [0.3, 0.4) is 0 Å². The first kappa shape index (κ1) is 26.4. The van der Waals surface area contributed by atoms with Gasteiger partial charge < -0.3 is 4.57 Å². The lowest BCUT2D eigenvalue weighted by Gasteiger charge is -2.24. The molecule has 0 amide bonds. The van der Waals surface area contributed by atoms with Gasteiger partial charge in [0.25, 0.3) is 0 Å². The summed E-state index contributed by atoms with van der Waals surface area (Å²) in [6, 6.07) is 48.6. The molecule has 0 fully saturated rings. The second kappa shape index (κ2) is 11.4. The summed E-state index contributed by atoms with van der Waals surface area (Å²) < 4.78 is 15.4. The highest BCUT2D eigenvalue weighted by molar-refractivity contribution is 7.85. The molecule has 0 N–H and O–H groups in total. The highest BCUT2D eigenvalue weighted by Gasteiger charge is 2.32. The number of aryl methyl sites for hydroxylation is 4. The first-order chi connectivity index (χ1) is 20.7. The van der Waals surface area contributed by atoms with Crippen molar-refractivity contribution >= 4 is 23.1 Å². The topological polar surface area (TPSA) is 30.0 Å². The van der Waals surface area contributed by atoms with E-state index in [1.54, 1.807) is 0 Å². The minimum absolute atomic E-state index is 0.817. The number of rotatable bonds is 5. The van der Waals surface area contributed by atoms with E-state index in [9.17, 15) is 0 Å². The SMILES string of the molecule is O=P(c1ccccc1)(c1ccccc1)c1cc2ccc1CCc1ccc(cc1-c1ccc(-c3ccccn3)cc1)CC2. The first-order valence-corrected chi connectivity index (χ1v) is 16.4. The summed E-state index contributed by atoms with van der Waals surface area (Å²) in [4.78, 5) is 4.52. The molecule has 0 aliphatic heterocycles. The van der Waals surface area contributed by atoms with Gasteiger partial charge in [0.15, 0.2) is 7.14 Å². The van der Waals surface area contributed by atoms with Crippen LogP contribution < -0.4 is 15.9 Å². The Balaban J connectivity index is 1.30. The largest absolute Gasteiger partial charge is 0.309 e. The molecule has 5 aromatic carbocycles. The van der Waals surface area contributed by atoms with Gasteiger partial charge >= 0.3 is 0 Å². The van der Waals surface area contributed by atoms with Crippen molar-refractivity contribution in [3.8, 4) is 22.4 Å². The Morgan fingerprint density at radius 3 is 1.71 bits per heavy atom. The Morgan fingerprint density at radius 2 is 1.07 bits per heavy atom. The van der Waals surface area contributed by atoms with Crippen LogP contribution in [0.4, 0.5) is 0 Å². The molecule has 0 spiro atoms. The fourth-order valence-electron chi connectivity index (χ4n) is 6.15. The Morgan fingerprint density at radius 1 is 0.500 bits per heavy atom. The van der Waals surface area contributed by atoms with Gasteiger partial charge in [-0.3, -0.25) is 4.98 Å². The van der Waals surface area contributed by atoms with Crippen molar-refractivity contribution in [3.63, 3.8) is 0 Å². The fourth-order valence-corrected chi connectivity index (χ4v) is 9.13. The van der Waals surface area contributed by atoms with E-state index in [0.717, 1.165) is 58.4 Å². The summed E-state index contributed by atoms with van der Waals surface area (Å²) >= 11 is 0. The van der Waals surface area contributed by atoms with Gasteiger partial charge in [-0.2, -0.15) is 0 Å². The van der Waals surface area contributed by atoms with Crippen molar-refractivity contribution in [1.82, 2.24) is 4.98 Å². The summed E-state index contributed by atoms with van der Waals surface area (Å²) in [6.07, 6.45) is 5.35. The highest BCUT2D eigenvalue weighted by Crippen LogP contribution is 2.44. The summed E-state index contributed by atoms with van der Waals surface area (Å²) in [6.45, 7) is 0. The molecule has 4 bridgehead atoms. The average molecular weight is 562 g/mol.